The molecule has 2 atom stereocenters. The van der Waals surface area contributed by atoms with Gasteiger partial charge in [0.25, 0.3) is 0 Å². The number of carbonyl (C=O) groups is 1. The smallest absolute Gasteiger partial charge is 0.203 e. The summed E-state index contributed by atoms with van der Waals surface area (Å²) in [6.45, 7) is 1.91. The fourth-order valence-corrected chi connectivity index (χ4v) is 4.89. The number of methoxy groups -OCH3 is 3. The molecule has 0 amide bonds. The third-order valence-corrected chi connectivity index (χ3v) is 6.51. The lowest BCUT2D eigenvalue weighted by atomic mass is 9.79. The van der Waals surface area contributed by atoms with E-state index in [1.165, 1.54) is 0 Å². The first-order chi connectivity index (χ1) is 16.5. The van der Waals surface area contributed by atoms with E-state index in [1.807, 2.05) is 55.5 Å². The first-order valence-corrected chi connectivity index (χ1v) is 11.3. The second kappa shape index (κ2) is 8.82. The number of nitrogens with one attached hydrogen (secondary N) is 2. The van der Waals surface area contributed by atoms with Gasteiger partial charge in [0.2, 0.25) is 5.75 Å². The van der Waals surface area contributed by atoms with Gasteiger partial charge < -0.3 is 29.3 Å². The van der Waals surface area contributed by atoms with Crippen LogP contribution in [0.2, 0.25) is 0 Å². The van der Waals surface area contributed by atoms with Gasteiger partial charge in [-0.1, -0.05) is 12.1 Å². The molecule has 176 valence electrons. The number of rotatable bonds is 5. The number of carbonyl (C=O) groups excluding carboxylic acids is 1. The summed E-state index contributed by atoms with van der Waals surface area (Å²) in [5, 5.41) is 7.08. The van der Waals surface area contributed by atoms with Crippen molar-refractivity contribution in [1.29, 1.82) is 0 Å². The molecule has 2 N–H and O–H groups in total. The molecule has 7 nitrogen and oxygen atoms in total. The third-order valence-electron chi connectivity index (χ3n) is 6.51. The van der Waals surface area contributed by atoms with Crippen LogP contribution in [0, 0.1) is 6.92 Å². The molecule has 0 bridgehead atoms. The number of anilines is 2. The lowest BCUT2D eigenvalue weighted by Gasteiger charge is -2.29. The molecule has 1 aliphatic heterocycles. The van der Waals surface area contributed by atoms with Gasteiger partial charge in [-0.2, -0.15) is 0 Å². The van der Waals surface area contributed by atoms with Crippen molar-refractivity contribution in [2.24, 2.45) is 0 Å². The number of hydrogen-bond acceptors (Lipinski definition) is 7. The van der Waals surface area contributed by atoms with Crippen LogP contribution >= 0.6 is 0 Å². The van der Waals surface area contributed by atoms with Crippen LogP contribution in [0.1, 0.15) is 41.9 Å². The predicted octanol–water partition coefficient (Wildman–Crippen LogP) is 5.59. The van der Waals surface area contributed by atoms with Gasteiger partial charge in [0, 0.05) is 17.7 Å². The fourth-order valence-electron chi connectivity index (χ4n) is 4.89. The highest BCUT2D eigenvalue weighted by Crippen LogP contribution is 2.47. The standard InChI is InChI=1S/C27H28N2O5/c1-15-9-10-22(34-15)26-25-20(28-18-7-5-6-8-19(18)29-26)11-16(12-21(25)30)17-13-23(31-2)27(33-4)24(14-17)32-3/h5-10,13-14,16,26,28-29H,11-12H2,1-4H3. The molecule has 0 spiro atoms. The SMILES string of the molecule is COc1cc(C2CC(=O)C3=C(C2)Nc2ccccc2NC3c2ccc(C)o2)cc(OC)c1OC. The summed E-state index contributed by atoms with van der Waals surface area (Å²) in [5.41, 5.74) is 4.43. The molecule has 7 heteroatoms. The Hall–Kier alpha value is -3.87. The van der Waals surface area contributed by atoms with Crippen LogP contribution in [-0.4, -0.2) is 27.1 Å². The number of furan rings is 1. The molecule has 2 unspecified atom stereocenters. The minimum Gasteiger partial charge on any atom is -0.493 e. The number of fused-ring (bicyclic) bond motifs is 1. The number of para-hydroxylation sites is 2. The van der Waals surface area contributed by atoms with Gasteiger partial charge in [0.1, 0.15) is 17.6 Å². The number of Topliss-reactive ketones (excluding diaryl/α,β-unsaturated/α-hetero) is 1. The maximum atomic E-state index is 13.7. The molecule has 0 saturated carbocycles. The van der Waals surface area contributed by atoms with Crippen molar-refractivity contribution in [2.75, 3.05) is 32.0 Å². The fraction of sp³-hybridized carbons (Fsp3) is 0.296. The molecular weight excluding hydrogens is 432 g/mol. The molecule has 2 aromatic carbocycles. The van der Waals surface area contributed by atoms with Crippen molar-refractivity contribution in [3.63, 3.8) is 0 Å². The summed E-state index contributed by atoms with van der Waals surface area (Å²) in [6, 6.07) is 15.3. The van der Waals surface area contributed by atoms with E-state index in [4.69, 9.17) is 18.6 Å². The lowest BCUT2D eigenvalue weighted by molar-refractivity contribution is -0.116. The normalized spacial score (nSPS) is 19.4. The van der Waals surface area contributed by atoms with Crippen molar-refractivity contribution >= 4 is 17.2 Å². The lowest BCUT2D eigenvalue weighted by Crippen LogP contribution is -2.26. The summed E-state index contributed by atoms with van der Waals surface area (Å²) in [6.07, 6.45) is 1.03. The molecule has 2 aliphatic rings. The largest absolute Gasteiger partial charge is 0.493 e. The Bertz CT molecular complexity index is 1250. The average Bonchev–Trinajstić information content (AvgIpc) is 3.20. The Morgan fingerprint density at radius 2 is 1.62 bits per heavy atom. The molecule has 0 radical (unpaired) electrons. The van der Waals surface area contributed by atoms with E-state index in [9.17, 15) is 4.79 Å². The van der Waals surface area contributed by atoms with Crippen LogP contribution in [-0.2, 0) is 4.79 Å². The highest BCUT2D eigenvalue weighted by molar-refractivity contribution is 6.01. The van der Waals surface area contributed by atoms with Crippen LogP contribution < -0.4 is 24.8 Å². The van der Waals surface area contributed by atoms with Crippen LogP contribution in [0.15, 0.2) is 64.2 Å². The maximum Gasteiger partial charge on any atom is 0.203 e. The molecule has 1 aromatic heterocycles. The zero-order valence-electron chi connectivity index (χ0n) is 19.7. The second-order valence-corrected chi connectivity index (χ2v) is 8.58. The van der Waals surface area contributed by atoms with Gasteiger partial charge in [-0.3, -0.25) is 4.79 Å². The Balaban J connectivity index is 1.59. The van der Waals surface area contributed by atoms with Crippen molar-refractivity contribution in [1.82, 2.24) is 0 Å². The highest BCUT2D eigenvalue weighted by Gasteiger charge is 2.37. The van der Waals surface area contributed by atoms with Crippen molar-refractivity contribution in [2.45, 2.75) is 31.7 Å². The molecular formula is C27H28N2O5. The van der Waals surface area contributed by atoms with E-state index < -0.39 is 0 Å². The Labute approximate surface area is 198 Å². The monoisotopic (exact) mass is 460 g/mol. The molecule has 1 aliphatic carbocycles. The number of benzene rings is 2. The van der Waals surface area contributed by atoms with E-state index in [0.717, 1.165) is 34.2 Å². The zero-order valence-corrected chi connectivity index (χ0v) is 19.7. The van der Waals surface area contributed by atoms with E-state index in [1.54, 1.807) is 21.3 Å². The summed E-state index contributed by atoms with van der Waals surface area (Å²) in [5.74, 6) is 3.26. The van der Waals surface area contributed by atoms with Crippen LogP contribution in [0.5, 0.6) is 17.2 Å². The molecule has 0 saturated heterocycles. The Morgan fingerprint density at radius 1 is 0.912 bits per heavy atom. The molecule has 3 aromatic rings. The quantitative estimate of drug-likeness (QED) is 0.513. The Morgan fingerprint density at radius 3 is 2.24 bits per heavy atom. The number of ketones is 1. The summed E-state index contributed by atoms with van der Waals surface area (Å²) in [7, 11) is 4.77. The van der Waals surface area contributed by atoms with Crippen LogP contribution in [0.25, 0.3) is 0 Å². The molecule has 5 rings (SSSR count). The van der Waals surface area contributed by atoms with Crippen molar-refractivity contribution in [3.8, 4) is 17.2 Å². The summed E-state index contributed by atoms with van der Waals surface area (Å²) < 4.78 is 22.5. The van der Waals surface area contributed by atoms with E-state index in [2.05, 4.69) is 10.6 Å². The first-order valence-electron chi connectivity index (χ1n) is 11.3. The number of ether oxygens (including phenoxy) is 3. The number of hydrogen-bond donors (Lipinski definition) is 2. The van der Waals surface area contributed by atoms with Gasteiger partial charge >= 0.3 is 0 Å². The highest BCUT2D eigenvalue weighted by atomic mass is 16.5. The molecule has 0 fully saturated rings. The minimum atomic E-state index is -0.367. The predicted molar refractivity (Wildman–Crippen MR) is 130 cm³/mol. The first kappa shape index (κ1) is 21.9. The number of allylic oxidation sites excluding steroid dienone is 1. The number of aryl methyl sites for hydroxylation is 1. The van der Waals surface area contributed by atoms with Crippen molar-refractivity contribution < 1.29 is 23.4 Å². The average molecular weight is 461 g/mol. The van der Waals surface area contributed by atoms with Gasteiger partial charge in [-0.05, 0) is 61.2 Å². The second-order valence-electron chi connectivity index (χ2n) is 8.58. The van der Waals surface area contributed by atoms with Gasteiger partial charge in [-0.15, -0.1) is 0 Å². The van der Waals surface area contributed by atoms with Gasteiger partial charge in [0.15, 0.2) is 17.3 Å². The topological polar surface area (TPSA) is 82.0 Å². The van der Waals surface area contributed by atoms with Crippen LogP contribution in [0.3, 0.4) is 0 Å². The minimum absolute atomic E-state index is 0.0447. The van der Waals surface area contributed by atoms with Gasteiger partial charge in [-0.25, -0.2) is 0 Å². The molecule has 34 heavy (non-hydrogen) atoms. The van der Waals surface area contributed by atoms with E-state index in [-0.39, 0.29) is 17.7 Å². The van der Waals surface area contributed by atoms with Crippen molar-refractivity contribution in [3.05, 3.63) is 76.9 Å². The van der Waals surface area contributed by atoms with Crippen LogP contribution in [0.4, 0.5) is 11.4 Å². The van der Waals surface area contributed by atoms with E-state index >= 15 is 0 Å². The third kappa shape index (κ3) is 3.77. The zero-order chi connectivity index (χ0) is 23.8. The Kier molecular flexibility index (Phi) is 5.69. The van der Waals surface area contributed by atoms with Gasteiger partial charge in [0.05, 0.1) is 32.7 Å². The summed E-state index contributed by atoms with van der Waals surface area (Å²) in [4.78, 5) is 13.7. The maximum absolute atomic E-state index is 13.7. The summed E-state index contributed by atoms with van der Waals surface area (Å²) >= 11 is 0. The molecule has 2 heterocycles. The van der Waals surface area contributed by atoms with E-state index in [0.29, 0.717) is 35.7 Å².